The zero-order valence-corrected chi connectivity index (χ0v) is 13.0. The van der Waals surface area contributed by atoms with Crippen molar-refractivity contribution >= 4 is 40.4 Å². The molecule has 0 spiro atoms. The first-order valence-electron chi connectivity index (χ1n) is 5.88. The first kappa shape index (κ1) is 15.3. The summed E-state index contributed by atoms with van der Waals surface area (Å²) in [7, 11) is 0. The third kappa shape index (κ3) is 3.52. The van der Waals surface area contributed by atoms with Gasteiger partial charge in [0.2, 0.25) is 0 Å². The van der Waals surface area contributed by atoms with E-state index >= 15 is 0 Å². The number of rotatable bonds is 4. The number of halogens is 2. The molecule has 0 aliphatic carbocycles. The van der Waals surface area contributed by atoms with Gasteiger partial charge < -0.3 is 10.4 Å². The molecule has 1 aromatic heterocycles. The lowest BCUT2D eigenvalue weighted by atomic mass is 9.99. The van der Waals surface area contributed by atoms with E-state index in [0.29, 0.717) is 15.6 Å². The van der Waals surface area contributed by atoms with Gasteiger partial charge in [0, 0.05) is 5.56 Å². The number of aliphatic hydroxyl groups is 1. The van der Waals surface area contributed by atoms with Crippen LogP contribution in [0.4, 0.5) is 0 Å². The average Bonchev–Trinajstić information content (AvgIpc) is 2.94. The summed E-state index contributed by atoms with van der Waals surface area (Å²) < 4.78 is 0. The Morgan fingerprint density at radius 3 is 2.70 bits per heavy atom. The molecule has 0 aliphatic heterocycles. The number of hydrogen-bond acceptors (Lipinski definition) is 3. The summed E-state index contributed by atoms with van der Waals surface area (Å²) in [5.74, 6) is -0.306. The molecule has 1 atom stereocenters. The molecule has 0 bridgehead atoms. The maximum atomic E-state index is 12.0. The van der Waals surface area contributed by atoms with Gasteiger partial charge in [-0.3, -0.25) is 4.79 Å². The van der Waals surface area contributed by atoms with Gasteiger partial charge in [-0.25, -0.2) is 0 Å². The monoisotopic (exact) mass is 329 g/mol. The molecule has 2 aromatic rings. The van der Waals surface area contributed by atoms with Crippen LogP contribution in [0.5, 0.6) is 0 Å². The highest BCUT2D eigenvalue weighted by Gasteiger charge is 2.24. The van der Waals surface area contributed by atoms with Crippen molar-refractivity contribution in [1.82, 2.24) is 5.32 Å². The molecule has 0 fully saturated rings. The molecule has 0 radical (unpaired) electrons. The number of carbonyl (C=O) groups is 1. The SMILES string of the molecule is CC(O)(CNC(=O)c1ccc(Cl)c(Cl)c1)c1ccsc1. The number of thiophene rings is 1. The Balaban J connectivity index is 2.03. The number of hydrogen-bond donors (Lipinski definition) is 2. The fraction of sp³-hybridized carbons (Fsp3) is 0.214. The molecule has 2 N–H and O–H groups in total. The fourth-order valence-electron chi connectivity index (χ4n) is 1.66. The fourth-order valence-corrected chi connectivity index (χ4v) is 2.75. The molecular weight excluding hydrogens is 317 g/mol. The van der Waals surface area contributed by atoms with E-state index in [0.717, 1.165) is 5.56 Å². The second kappa shape index (κ2) is 6.14. The molecule has 1 unspecified atom stereocenters. The van der Waals surface area contributed by atoms with E-state index < -0.39 is 5.60 Å². The van der Waals surface area contributed by atoms with Crippen molar-refractivity contribution in [1.29, 1.82) is 0 Å². The van der Waals surface area contributed by atoms with E-state index in [1.165, 1.54) is 17.4 Å². The van der Waals surface area contributed by atoms with Crippen molar-refractivity contribution in [3.63, 3.8) is 0 Å². The number of nitrogens with one attached hydrogen (secondary N) is 1. The number of benzene rings is 1. The van der Waals surface area contributed by atoms with Gasteiger partial charge in [0.25, 0.3) is 5.91 Å². The van der Waals surface area contributed by atoms with Crippen molar-refractivity contribution in [2.75, 3.05) is 6.54 Å². The third-order valence-electron chi connectivity index (χ3n) is 2.92. The van der Waals surface area contributed by atoms with E-state index in [1.54, 1.807) is 19.1 Å². The Hall–Kier alpha value is -1.07. The molecule has 106 valence electrons. The van der Waals surface area contributed by atoms with Crippen LogP contribution in [0.1, 0.15) is 22.8 Å². The molecule has 0 saturated carbocycles. The summed E-state index contributed by atoms with van der Waals surface area (Å²) in [5.41, 5.74) is 0.0729. The van der Waals surface area contributed by atoms with Crippen LogP contribution in [0.25, 0.3) is 0 Å². The molecule has 2 rings (SSSR count). The van der Waals surface area contributed by atoms with Crippen molar-refractivity contribution in [2.45, 2.75) is 12.5 Å². The first-order chi connectivity index (χ1) is 9.40. The average molecular weight is 330 g/mol. The Morgan fingerprint density at radius 1 is 1.35 bits per heavy atom. The van der Waals surface area contributed by atoms with Crippen molar-refractivity contribution in [3.8, 4) is 0 Å². The minimum Gasteiger partial charge on any atom is -0.384 e. The summed E-state index contributed by atoms with van der Waals surface area (Å²) in [6, 6.07) is 6.48. The van der Waals surface area contributed by atoms with Crippen LogP contribution >= 0.6 is 34.5 Å². The first-order valence-corrected chi connectivity index (χ1v) is 7.58. The highest BCUT2D eigenvalue weighted by molar-refractivity contribution is 7.08. The van der Waals surface area contributed by atoms with Crippen LogP contribution in [-0.4, -0.2) is 17.6 Å². The van der Waals surface area contributed by atoms with Gasteiger partial charge in [-0.15, -0.1) is 0 Å². The Morgan fingerprint density at radius 2 is 2.10 bits per heavy atom. The molecule has 3 nitrogen and oxygen atoms in total. The summed E-state index contributed by atoms with van der Waals surface area (Å²) >= 11 is 13.2. The topological polar surface area (TPSA) is 49.3 Å². The molecule has 6 heteroatoms. The highest BCUT2D eigenvalue weighted by atomic mass is 35.5. The van der Waals surface area contributed by atoms with Gasteiger partial charge in [-0.05, 0) is 47.5 Å². The maximum absolute atomic E-state index is 12.0. The summed E-state index contributed by atoms with van der Waals surface area (Å²) in [6.45, 7) is 1.77. The zero-order chi connectivity index (χ0) is 14.8. The lowest BCUT2D eigenvalue weighted by molar-refractivity contribution is 0.0530. The van der Waals surface area contributed by atoms with Crippen LogP contribution in [0.3, 0.4) is 0 Å². The van der Waals surface area contributed by atoms with Crippen LogP contribution in [0.2, 0.25) is 10.0 Å². The molecule has 1 aromatic carbocycles. The molecule has 0 aliphatic rings. The molecule has 20 heavy (non-hydrogen) atoms. The van der Waals surface area contributed by atoms with Crippen LogP contribution in [0.15, 0.2) is 35.0 Å². The van der Waals surface area contributed by atoms with E-state index in [2.05, 4.69) is 5.32 Å². The van der Waals surface area contributed by atoms with Crippen LogP contribution < -0.4 is 5.32 Å². The number of carbonyl (C=O) groups excluding carboxylic acids is 1. The van der Waals surface area contributed by atoms with Gasteiger partial charge in [0.15, 0.2) is 0 Å². The van der Waals surface area contributed by atoms with Crippen molar-refractivity contribution in [2.24, 2.45) is 0 Å². The third-order valence-corrected chi connectivity index (χ3v) is 4.34. The second-order valence-corrected chi connectivity index (χ2v) is 6.19. The van der Waals surface area contributed by atoms with E-state index in [4.69, 9.17) is 23.2 Å². The quantitative estimate of drug-likeness (QED) is 0.898. The van der Waals surface area contributed by atoms with Gasteiger partial charge in [-0.2, -0.15) is 11.3 Å². The molecule has 1 amide bonds. The Labute approximate surface area is 131 Å². The maximum Gasteiger partial charge on any atom is 0.251 e. The zero-order valence-electron chi connectivity index (χ0n) is 10.7. The van der Waals surface area contributed by atoms with Gasteiger partial charge in [0.1, 0.15) is 5.60 Å². The minimum absolute atomic E-state index is 0.114. The van der Waals surface area contributed by atoms with Crippen molar-refractivity contribution < 1.29 is 9.90 Å². The highest BCUT2D eigenvalue weighted by Crippen LogP contribution is 2.24. The summed E-state index contributed by atoms with van der Waals surface area (Å²) in [5, 5.41) is 17.5. The predicted octanol–water partition coefficient (Wildman–Crippen LogP) is 3.69. The van der Waals surface area contributed by atoms with Crippen molar-refractivity contribution in [3.05, 3.63) is 56.2 Å². The van der Waals surface area contributed by atoms with E-state index in [-0.39, 0.29) is 12.5 Å². The van der Waals surface area contributed by atoms with E-state index in [1.807, 2.05) is 16.8 Å². The van der Waals surface area contributed by atoms with E-state index in [9.17, 15) is 9.90 Å². The minimum atomic E-state index is -1.11. The van der Waals surface area contributed by atoms with Crippen LogP contribution in [-0.2, 0) is 5.60 Å². The van der Waals surface area contributed by atoms with Gasteiger partial charge in [0.05, 0.1) is 16.6 Å². The number of amides is 1. The predicted molar refractivity (Wildman–Crippen MR) is 82.7 cm³/mol. The standard InChI is InChI=1S/C14H13Cl2NO2S/c1-14(19,10-4-5-20-7-10)8-17-13(18)9-2-3-11(15)12(16)6-9/h2-7,19H,8H2,1H3,(H,17,18). The summed E-state index contributed by atoms with van der Waals surface area (Å²) in [6.07, 6.45) is 0. The second-order valence-electron chi connectivity index (χ2n) is 4.60. The largest absolute Gasteiger partial charge is 0.384 e. The summed E-state index contributed by atoms with van der Waals surface area (Å²) in [4.78, 5) is 12.0. The van der Waals surface area contributed by atoms with Gasteiger partial charge >= 0.3 is 0 Å². The van der Waals surface area contributed by atoms with Gasteiger partial charge in [-0.1, -0.05) is 23.2 Å². The Kier molecular flexibility index (Phi) is 4.70. The smallest absolute Gasteiger partial charge is 0.251 e. The molecule has 0 saturated heterocycles. The lowest BCUT2D eigenvalue weighted by Crippen LogP contribution is -2.38. The normalized spacial score (nSPS) is 13.8. The Bertz CT molecular complexity index is 612. The molecular formula is C14H13Cl2NO2S. The lowest BCUT2D eigenvalue weighted by Gasteiger charge is -2.22. The molecule has 1 heterocycles. The van der Waals surface area contributed by atoms with Crippen LogP contribution in [0, 0.1) is 0 Å².